The number of anilines is 1. The van der Waals surface area contributed by atoms with Gasteiger partial charge in [-0.15, -0.1) is 0 Å². The SMILES string of the molecule is CCN(CC(=O)Nc1nc(-c2ccccc2)cn1-c1ccc(C(C)C)cc1)C(=O)c1ccc(Cl)cc1. The predicted molar refractivity (Wildman–Crippen MR) is 145 cm³/mol. The first kappa shape index (κ1) is 25.2. The molecule has 36 heavy (non-hydrogen) atoms. The third kappa shape index (κ3) is 5.83. The normalized spacial score (nSPS) is 10.9. The van der Waals surface area contributed by atoms with Crippen LogP contribution >= 0.6 is 11.6 Å². The Labute approximate surface area is 216 Å². The number of carbonyl (C=O) groups excluding carboxylic acids is 2. The number of benzene rings is 3. The number of hydrogen-bond acceptors (Lipinski definition) is 3. The van der Waals surface area contributed by atoms with Crippen molar-refractivity contribution in [3.05, 3.63) is 101 Å². The van der Waals surface area contributed by atoms with Crippen LogP contribution in [0, 0.1) is 0 Å². The number of aromatic nitrogens is 2. The van der Waals surface area contributed by atoms with Crippen LogP contribution in [0.1, 0.15) is 42.6 Å². The zero-order chi connectivity index (χ0) is 25.7. The maximum Gasteiger partial charge on any atom is 0.254 e. The third-order valence-electron chi connectivity index (χ3n) is 5.96. The van der Waals surface area contributed by atoms with Crippen LogP contribution in [0.2, 0.25) is 5.02 Å². The van der Waals surface area contributed by atoms with E-state index in [2.05, 4.69) is 31.3 Å². The van der Waals surface area contributed by atoms with Crippen molar-refractivity contribution in [2.75, 3.05) is 18.4 Å². The van der Waals surface area contributed by atoms with Crippen LogP contribution in [0.4, 0.5) is 5.95 Å². The molecule has 1 N–H and O–H groups in total. The Morgan fingerprint density at radius 3 is 2.25 bits per heavy atom. The van der Waals surface area contributed by atoms with Crippen molar-refractivity contribution >= 4 is 29.4 Å². The number of amides is 2. The third-order valence-corrected chi connectivity index (χ3v) is 6.21. The molecule has 0 spiro atoms. The molecule has 184 valence electrons. The molecule has 0 saturated heterocycles. The van der Waals surface area contributed by atoms with E-state index in [0.717, 1.165) is 16.9 Å². The highest BCUT2D eigenvalue weighted by Crippen LogP contribution is 2.25. The molecule has 0 aliphatic rings. The predicted octanol–water partition coefficient (Wildman–Crippen LogP) is 6.42. The first-order valence-corrected chi connectivity index (χ1v) is 12.3. The molecule has 1 heterocycles. The number of rotatable bonds is 8. The van der Waals surface area contributed by atoms with Crippen molar-refractivity contribution in [2.45, 2.75) is 26.7 Å². The summed E-state index contributed by atoms with van der Waals surface area (Å²) in [5.74, 6) is 0.247. The highest BCUT2D eigenvalue weighted by Gasteiger charge is 2.20. The monoisotopic (exact) mass is 500 g/mol. The van der Waals surface area contributed by atoms with Crippen molar-refractivity contribution in [3.63, 3.8) is 0 Å². The first-order chi connectivity index (χ1) is 17.4. The number of likely N-dealkylation sites (N-methyl/N-ethyl adjacent to an activating group) is 1. The van der Waals surface area contributed by atoms with Gasteiger partial charge in [-0.25, -0.2) is 4.98 Å². The fourth-order valence-corrected chi connectivity index (χ4v) is 4.00. The van der Waals surface area contributed by atoms with Gasteiger partial charge in [-0.2, -0.15) is 0 Å². The Kier molecular flexibility index (Phi) is 7.86. The molecule has 2 amide bonds. The number of imidazole rings is 1. The molecule has 0 radical (unpaired) electrons. The summed E-state index contributed by atoms with van der Waals surface area (Å²) in [5.41, 5.74) is 4.27. The van der Waals surface area contributed by atoms with E-state index in [1.807, 2.05) is 60.2 Å². The van der Waals surface area contributed by atoms with Crippen LogP contribution in [0.25, 0.3) is 16.9 Å². The van der Waals surface area contributed by atoms with Gasteiger partial charge in [0, 0.05) is 34.6 Å². The molecule has 6 nitrogen and oxygen atoms in total. The molecule has 7 heteroatoms. The number of halogens is 1. The van der Waals surface area contributed by atoms with Crippen molar-refractivity contribution in [2.24, 2.45) is 0 Å². The standard InChI is InChI=1S/C29H29ClN4O2/c1-4-33(28(36)23-10-14-24(30)15-11-23)19-27(35)32-29-31-26(22-8-6-5-7-9-22)18-34(29)25-16-12-21(13-17-25)20(2)3/h5-18,20H,4,19H2,1-3H3,(H,31,32,35). The molecule has 0 bridgehead atoms. The molecule has 3 aromatic carbocycles. The van der Waals surface area contributed by atoms with Crippen LogP contribution in [-0.2, 0) is 4.79 Å². The Hall–Kier alpha value is -3.90. The summed E-state index contributed by atoms with van der Waals surface area (Å²) >= 11 is 5.94. The van der Waals surface area contributed by atoms with Crippen molar-refractivity contribution in [1.82, 2.24) is 14.5 Å². The summed E-state index contributed by atoms with van der Waals surface area (Å²) in [4.78, 5) is 32.2. The van der Waals surface area contributed by atoms with Gasteiger partial charge in [0.15, 0.2) is 0 Å². The zero-order valence-corrected chi connectivity index (χ0v) is 21.4. The van der Waals surface area contributed by atoms with Gasteiger partial charge in [0.1, 0.15) is 6.54 Å². The Bertz CT molecular complexity index is 1330. The molecular weight excluding hydrogens is 472 g/mol. The second-order valence-corrected chi connectivity index (χ2v) is 9.24. The van der Waals surface area contributed by atoms with E-state index in [1.54, 1.807) is 24.3 Å². The quantitative estimate of drug-likeness (QED) is 0.303. The lowest BCUT2D eigenvalue weighted by atomic mass is 10.0. The topological polar surface area (TPSA) is 67.2 Å². The van der Waals surface area contributed by atoms with Crippen LogP contribution in [0.3, 0.4) is 0 Å². The Balaban J connectivity index is 1.59. The largest absolute Gasteiger partial charge is 0.330 e. The lowest BCUT2D eigenvalue weighted by Crippen LogP contribution is -2.38. The zero-order valence-electron chi connectivity index (χ0n) is 20.6. The van der Waals surface area contributed by atoms with E-state index in [9.17, 15) is 9.59 Å². The average molecular weight is 501 g/mol. The summed E-state index contributed by atoms with van der Waals surface area (Å²) in [6.45, 7) is 6.42. The smallest absolute Gasteiger partial charge is 0.254 e. The lowest BCUT2D eigenvalue weighted by Gasteiger charge is -2.20. The summed E-state index contributed by atoms with van der Waals surface area (Å²) in [6.07, 6.45) is 1.91. The molecule has 0 atom stereocenters. The molecule has 4 rings (SSSR count). The van der Waals surface area contributed by atoms with Gasteiger partial charge < -0.3 is 4.90 Å². The van der Waals surface area contributed by atoms with Gasteiger partial charge in [-0.3, -0.25) is 19.5 Å². The van der Waals surface area contributed by atoms with E-state index in [1.165, 1.54) is 10.5 Å². The second kappa shape index (κ2) is 11.2. The minimum absolute atomic E-state index is 0.0994. The van der Waals surface area contributed by atoms with Gasteiger partial charge in [0.2, 0.25) is 11.9 Å². The molecule has 0 aliphatic carbocycles. The summed E-state index contributed by atoms with van der Waals surface area (Å²) in [5, 5.41) is 3.47. The van der Waals surface area contributed by atoms with E-state index in [0.29, 0.717) is 29.0 Å². The Morgan fingerprint density at radius 2 is 1.64 bits per heavy atom. The van der Waals surface area contributed by atoms with E-state index in [4.69, 9.17) is 16.6 Å². The van der Waals surface area contributed by atoms with Gasteiger partial charge in [-0.05, 0) is 54.8 Å². The molecular formula is C29H29ClN4O2. The number of carbonyl (C=O) groups is 2. The highest BCUT2D eigenvalue weighted by atomic mass is 35.5. The maximum atomic E-state index is 13.1. The summed E-state index contributed by atoms with van der Waals surface area (Å²) < 4.78 is 1.86. The lowest BCUT2D eigenvalue weighted by molar-refractivity contribution is -0.116. The summed E-state index contributed by atoms with van der Waals surface area (Å²) in [6, 6.07) is 24.6. The number of nitrogens with one attached hydrogen (secondary N) is 1. The highest BCUT2D eigenvalue weighted by molar-refractivity contribution is 6.30. The van der Waals surface area contributed by atoms with Gasteiger partial charge in [-0.1, -0.05) is 67.9 Å². The fourth-order valence-electron chi connectivity index (χ4n) is 3.87. The first-order valence-electron chi connectivity index (χ1n) is 12.0. The molecule has 0 fully saturated rings. The molecule has 0 aliphatic heterocycles. The molecule has 0 unspecified atom stereocenters. The summed E-state index contributed by atoms with van der Waals surface area (Å²) in [7, 11) is 0. The maximum absolute atomic E-state index is 13.1. The van der Waals surface area contributed by atoms with Crippen LogP contribution in [0.5, 0.6) is 0 Å². The van der Waals surface area contributed by atoms with Crippen LogP contribution in [-0.4, -0.2) is 39.4 Å². The van der Waals surface area contributed by atoms with Crippen LogP contribution in [0.15, 0.2) is 85.1 Å². The number of nitrogens with zero attached hydrogens (tertiary/aromatic N) is 3. The van der Waals surface area contributed by atoms with Gasteiger partial charge >= 0.3 is 0 Å². The fraction of sp³-hybridized carbons (Fsp3) is 0.207. The molecule has 1 aromatic heterocycles. The molecule has 0 saturated carbocycles. The van der Waals surface area contributed by atoms with E-state index in [-0.39, 0.29) is 18.4 Å². The minimum Gasteiger partial charge on any atom is -0.330 e. The average Bonchev–Trinajstić information content (AvgIpc) is 3.31. The van der Waals surface area contributed by atoms with Gasteiger partial charge in [0.05, 0.1) is 5.69 Å². The Morgan fingerprint density at radius 1 is 0.972 bits per heavy atom. The van der Waals surface area contributed by atoms with Crippen molar-refractivity contribution < 1.29 is 9.59 Å². The second-order valence-electron chi connectivity index (χ2n) is 8.81. The van der Waals surface area contributed by atoms with Crippen LogP contribution < -0.4 is 5.32 Å². The van der Waals surface area contributed by atoms with Crippen molar-refractivity contribution in [3.8, 4) is 16.9 Å². The van der Waals surface area contributed by atoms with E-state index < -0.39 is 0 Å². The van der Waals surface area contributed by atoms with Gasteiger partial charge in [0.25, 0.3) is 5.91 Å². The minimum atomic E-state index is -0.329. The number of hydrogen-bond donors (Lipinski definition) is 1. The van der Waals surface area contributed by atoms with Crippen molar-refractivity contribution in [1.29, 1.82) is 0 Å². The van der Waals surface area contributed by atoms with E-state index >= 15 is 0 Å². The molecule has 4 aromatic rings.